The lowest BCUT2D eigenvalue weighted by Gasteiger charge is -2.22. The van der Waals surface area contributed by atoms with Crippen molar-refractivity contribution in [3.8, 4) is 11.5 Å². The van der Waals surface area contributed by atoms with Crippen LogP contribution >= 0.6 is 11.6 Å². The highest BCUT2D eigenvalue weighted by Gasteiger charge is 2.19. The molecule has 2 aromatic carbocycles. The standard InChI is InChI=1S/C19H18ClNO/c1-19(2,3)15-6-4-5-7-18(15)22-17-10-11-21-16-12-13(20)8-9-14(16)17/h4-12H,1-3H3. The number of aromatic nitrogens is 1. The van der Waals surface area contributed by atoms with Gasteiger partial charge in [0, 0.05) is 22.2 Å². The molecule has 0 spiro atoms. The Labute approximate surface area is 135 Å². The summed E-state index contributed by atoms with van der Waals surface area (Å²) in [4.78, 5) is 4.35. The van der Waals surface area contributed by atoms with Gasteiger partial charge in [-0.3, -0.25) is 4.98 Å². The minimum Gasteiger partial charge on any atom is -0.456 e. The quantitative estimate of drug-likeness (QED) is 0.581. The van der Waals surface area contributed by atoms with Crippen LogP contribution < -0.4 is 4.74 Å². The second-order valence-electron chi connectivity index (χ2n) is 6.32. The largest absolute Gasteiger partial charge is 0.456 e. The molecule has 112 valence electrons. The van der Waals surface area contributed by atoms with Gasteiger partial charge in [0.1, 0.15) is 11.5 Å². The molecule has 0 bridgehead atoms. The maximum Gasteiger partial charge on any atom is 0.138 e. The summed E-state index contributed by atoms with van der Waals surface area (Å²) in [5, 5.41) is 1.63. The van der Waals surface area contributed by atoms with Crippen molar-refractivity contribution < 1.29 is 4.74 Å². The van der Waals surface area contributed by atoms with E-state index >= 15 is 0 Å². The number of ether oxygens (including phenoxy) is 1. The summed E-state index contributed by atoms with van der Waals surface area (Å²) in [6, 6.07) is 15.7. The first kappa shape index (κ1) is 14.9. The average Bonchev–Trinajstić information content (AvgIpc) is 2.46. The van der Waals surface area contributed by atoms with E-state index in [9.17, 15) is 0 Å². The maximum absolute atomic E-state index is 6.21. The van der Waals surface area contributed by atoms with Crippen LogP contribution in [0.2, 0.25) is 5.02 Å². The van der Waals surface area contributed by atoms with E-state index in [0.29, 0.717) is 5.02 Å². The van der Waals surface area contributed by atoms with E-state index in [1.54, 1.807) is 6.20 Å². The summed E-state index contributed by atoms with van der Waals surface area (Å²) in [6.07, 6.45) is 1.74. The molecule has 0 aliphatic heterocycles. The first-order valence-corrected chi connectivity index (χ1v) is 7.64. The van der Waals surface area contributed by atoms with E-state index in [1.165, 1.54) is 5.56 Å². The van der Waals surface area contributed by atoms with Crippen LogP contribution in [-0.2, 0) is 5.41 Å². The molecule has 1 aromatic heterocycles. The Hall–Kier alpha value is -2.06. The van der Waals surface area contributed by atoms with Crippen molar-refractivity contribution >= 4 is 22.5 Å². The zero-order chi connectivity index (χ0) is 15.7. The molecule has 0 amide bonds. The van der Waals surface area contributed by atoms with Crippen molar-refractivity contribution in [3.63, 3.8) is 0 Å². The van der Waals surface area contributed by atoms with Crippen LogP contribution in [0.5, 0.6) is 11.5 Å². The van der Waals surface area contributed by atoms with Crippen molar-refractivity contribution in [3.05, 3.63) is 65.3 Å². The van der Waals surface area contributed by atoms with E-state index in [4.69, 9.17) is 16.3 Å². The number of hydrogen-bond acceptors (Lipinski definition) is 2. The molecular formula is C19H18ClNO. The number of benzene rings is 2. The highest BCUT2D eigenvalue weighted by atomic mass is 35.5. The minimum atomic E-state index is 0.0166. The molecule has 0 unspecified atom stereocenters. The predicted octanol–water partition coefficient (Wildman–Crippen LogP) is 5.98. The second kappa shape index (κ2) is 5.62. The lowest BCUT2D eigenvalue weighted by atomic mass is 9.86. The van der Waals surface area contributed by atoms with Gasteiger partial charge in [-0.15, -0.1) is 0 Å². The van der Waals surface area contributed by atoms with Gasteiger partial charge < -0.3 is 4.74 Å². The third kappa shape index (κ3) is 2.93. The Balaban J connectivity index is 2.08. The van der Waals surface area contributed by atoms with E-state index < -0.39 is 0 Å². The Morgan fingerprint density at radius 1 is 0.955 bits per heavy atom. The van der Waals surface area contributed by atoms with Gasteiger partial charge in [-0.1, -0.05) is 50.6 Å². The Kier molecular flexibility index (Phi) is 3.79. The molecule has 0 aliphatic rings. The van der Waals surface area contributed by atoms with E-state index in [2.05, 4.69) is 31.8 Å². The van der Waals surface area contributed by atoms with Crippen molar-refractivity contribution in [2.45, 2.75) is 26.2 Å². The molecule has 1 heterocycles. The lowest BCUT2D eigenvalue weighted by Crippen LogP contribution is -2.12. The van der Waals surface area contributed by atoms with E-state index in [0.717, 1.165) is 22.4 Å². The van der Waals surface area contributed by atoms with Crippen LogP contribution in [0.1, 0.15) is 26.3 Å². The fourth-order valence-electron chi connectivity index (χ4n) is 2.48. The van der Waals surface area contributed by atoms with Crippen LogP contribution in [-0.4, -0.2) is 4.98 Å². The predicted molar refractivity (Wildman–Crippen MR) is 92.0 cm³/mol. The number of hydrogen-bond donors (Lipinski definition) is 0. The summed E-state index contributed by atoms with van der Waals surface area (Å²) in [6.45, 7) is 6.54. The summed E-state index contributed by atoms with van der Waals surface area (Å²) in [5.41, 5.74) is 2.02. The summed E-state index contributed by atoms with van der Waals surface area (Å²) in [7, 11) is 0. The van der Waals surface area contributed by atoms with Gasteiger partial charge in [-0.05, 0) is 35.7 Å². The molecule has 0 aliphatic carbocycles. The number of para-hydroxylation sites is 1. The highest BCUT2D eigenvalue weighted by molar-refractivity contribution is 6.31. The molecule has 0 saturated carbocycles. The van der Waals surface area contributed by atoms with Crippen LogP contribution in [0.3, 0.4) is 0 Å². The molecule has 0 N–H and O–H groups in total. The number of pyridine rings is 1. The first-order valence-electron chi connectivity index (χ1n) is 7.27. The molecule has 0 radical (unpaired) electrons. The molecular weight excluding hydrogens is 294 g/mol. The Bertz CT molecular complexity index is 821. The van der Waals surface area contributed by atoms with Crippen molar-refractivity contribution in [2.24, 2.45) is 0 Å². The smallest absolute Gasteiger partial charge is 0.138 e. The number of halogens is 1. The Morgan fingerprint density at radius 3 is 2.50 bits per heavy atom. The van der Waals surface area contributed by atoms with Gasteiger partial charge in [0.05, 0.1) is 5.52 Å². The minimum absolute atomic E-state index is 0.0166. The topological polar surface area (TPSA) is 22.1 Å². The van der Waals surface area contributed by atoms with Crippen LogP contribution in [0.4, 0.5) is 0 Å². The van der Waals surface area contributed by atoms with Crippen LogP contribution in [0.25, 0.3) is 10.9 Å². The molecule has 0 saturated heterocycles. The van der Waals surface area contributed by atoms with Crippen LogP contribution in [0.15, 0.2) is 54.7 Å². The monoisotopic (exact) mass is 311 g/mol. The van der Waals surface area contributed by atoms with Crippen LogP contribution in [0, 0.1) is 0 Å². The molecule has 3 heteroatoms. The van der Waals surface area contributed by atoms with E-state index in [-0.39, 0.29) is 5.41 Å². The SMILES string of the molecule is CC(C)(C)c1ccccc1Oc1ccnc2cc(Cl)ccc12. The van der Waals surface area contributed by atoms with Gasteiger partial charge in [-0.25, -0.2) is 0 Å². The highest BCUT2D eigenvalue weighted by Crippen LogP contribution is 2.36. The summed E-state index contributed by atoms with van der Waals surface area (Å²) in [5.74, 6) is 1.66. The second-order valence-corrected chi connectivity index (χ2v) is 6.76. The van der Waals surface area contributed by atoms with Crippen molar-refractivity contribution in [1.82, 2.24) is 4.98 Å². The van der Waals surface area contributed by atoms with E-state index in [1.807, 2.05) is 42.5 Å². The summed E-state index contributed by atoms with van der Waals surface area (Å²) < 4.78 is 6.21. The molecule has 2 nitrogen and oxygen atoms in total. The Morgan fingerprint density at radius 2 is 1.73 bits per heavy atom. The number of rotatable bonds is 2. The normalized spacial score (nSPS) is 11.6. The number of fused-ring (bicyclic) bond motifs is 1. The molecule has 0 fully saturated rings. The molecule has 0 atom stereocenters. The van der Waals surface area contributed by atoms with Gasteiger partial charge >= 0.3 is 0 Å². The molecule has 22 heavy (non-hydrogen) atoms. The van der Waals surface area contributed by atoms with Gasteiger partial charge in [0.15, 0.2) is 0 Å². The molecule has 3 rings (SSSR count). The van der Waals surface area contributed by atoms with Gasteiger partial charge in [0.25, 0.3) is 0 Å². The van der Waals surface area contributed by atoms with Crippen molar-refractivity contribution in [1.29, 1.82) is 0 Å². The number of nitrogens with zero attached hydrogens (tertiary/aromatic N) is 1. The lowest BCUT2D eigenvalue weighted by molar-refractivity contribution is 0.459. The maximum atomic E-state index is 6.21. The van der Waals surface area contributed by atoms with Crippen molar-refractivity contribution in [2.75, 3.05) is 0 Å². The fourth-order valence-corrected chi connectivity index (χ4v) is 2.64. The zero-order valence-corrected chi connectivity index (χ0v) is 13.7. The third-order valence-electron chi connectivity index (χ3n) is 3.58. The average molecular weight is 312 g/mol. The van der Waals surface area contributed by atoms with Gasteiger partial charge in [-0.2, -0.15) is 0 Å². The first-order chi connectivity index (χ1) is 10.4. The van der Waals surface area contributed by atoms with Gasteiger partial charge in [0.2, 0.25) is 0 Å². The summed E-state index contributed by atoms with van der Waals surface area (Å²) >= 11 is 6.04. The molecule has 3 aromatic rings. The fraction of sp³-hybridized carbons (Fsp3) is 0.211. The third-order valence-corrected chi connectivity index (χ3v) is 3.81. The zero-order valence-electron chi connectivity index (χ0n) is 12.9.